The summed E-state index contributed by atoms with van der Waals surface area (Å²) >= 11 is 1.00. The summed E-state index contributed by atoms with van der Waals surface area (Å²) < 4.78 is 67.7. The fourth-order valence-corrected chi connectivity index (χ4v) is 4.47. The lowest BCUT2D eigenvalue weighted by atomic mass is 10.1. The van der Waals surface area contributed by atoms with Gasteiger partial charge >= 0.3 is 14.0 Å². The van der Waals surface area contributed by atoms with Gasteiger partial charge in [0, 0.05) is 6.20 Å². The Balaban J connectivity index is 1.64. The number of nitrogens with zero attached hydrogens (tertiary/aromatic N) is 1. The Morgan fingerprint density at radius 3 is 2.36 bits per heavy atom. The second-order valence-corrected chi connectivity index (χ2v) is 10.4. The average molecular weight is 547 g/mol. The first-order chi connectivity index (χ1) is 16.9. The summed E-state index contributed by atoms with van der Waals surface area (Å²) in [5.74, 6) is 0.447. The number of rotatable bonds is 12. The van der Waals surface area contributed by atoms with Crippen LogP contribution in [0.5, 0.6) is 11.5 Å². The van der Waals surface area contributed by atoms with Crippen molar-refractivity contribution in [3.05, 3.63) is 65.3 Å². The van der Waals surface area contributed by atoms with Gasteiger partial charge in [-0.25, -0.2) is 9.55 Å². The summed E-state index contributed by atoms with van der Waals surface area (Å²) in [5, 5.41) is 0.248. The molecule has 36 heavy (non-hydrogen) atoms. The Morgan fingerprint density at radius 2 is 1.72 bits per heavy atom. The van der Waals surface area contributed by atoms with Crippen LogP contribution in [0.15, 0.2) is 54.7 Å². The molecule has 0 unspecified atom stereocenters. The van der Waals surface area contributed by atoms with E-state index in [1.54, 1.807) is 0 Å². The summed E-state index contributed by atoms with van der Waals surface area (Å²) in [5.41, 5.74) is 4.03. The Morgan fingerprint density at radius 1 is 1.06 bits per heavy atom. The molecule has 4 N–H and O–H groups in total. The molecule has 0 aliphatic rings. The van der Waals surface area contributed by atoms with E-state index in [0.717, 1.165) is 23.2 Å². The summed E-state index contributed by atoms with van der Waals surface area (Å²) in [4.78, 5) is 22.3. The minimum absolute atomic E-state index is 0.0936. The van der Waals surface area contributed by atoms with Crippen LogP contribution < -0.4 is 15.2 Å². The third kappa shape index (κ3) is 8.29. The largest absolute Gasteiger partial charge is 0.494 e. The Labute approximate surface area is 210 Å². The van der Waals surface area contributed by atoms with Crippen LogP contribution in [0.1, 0.15) is 30.3 Å². The zero-order valence-corrected chi connectivity index (χ0v) is 21.0. The van der Waals surface area contributed by atoms with Crippen LogP contribution in [-0.4, -0.2) is 34.6 Å². The van der Waals surface area contributed by atoms with Crippen LogP contribution in [0, 0.1) is 0 Å². The number of hydrogen-bond donors (Lipinski definition) is 3. The second kappa shape index (κ2) is 11.7. The van der Waals surface area contributed by atoms with E-state index in [4.69, 9.17) is 25.0 Å². The minimum atomic E-state index is -4.74. The van der Waals surface area contributed by atoms with Crippen molar-refractivity contribution in [3.8, 4) is 21.9 Å². The third-order valence-electron chi connectivity index (χ3n) is 4.90. The SMILES string of the molecule is C[C@](N)(COP(=O)(O)O)c1ncc(-c2ccc(OCCCCOc3ccccc3)c(C(F)(F)F)c2)s1. The highest BCUT2D eigenvalue weighted by Crippen LogP contribution is 2.41. The molecule has 0 bridgehead atoms. The molecule has 0 saturated carbocycles. The van der Waals surface area contributed by atoms with Gasteiger partial charge in [-0.1, -0.05) is 18.2 Å². The van der Waals surface area contributed by atoms with Crippen molar-refractivity contribution in [2.45, 2.75) is 31.5 Å². The Bertz CT molecular complexity index is 1180. The maximum absolute atomic E-state index is 13.7. The normalized spacial score (nSPS) is 13.9. The van der Waals surface area contributed by atoms with Crippen molar-refractivity contribution < 1.29 is 41.5 Å². The number of alkyl halides is 3. The fraction of sp³-hybridized carbons (Fsp3) is 0.348. The van der Waals surface area contributed by atoms with Crippen molar-refractivity contribution in [3.63, 3.8) is 0 Å². The third-order valence-corrected chi connectivity index (χ3v) is 6.70. The van der Waals surface area contributed by atoms with E-state index in [9.17, 15) is 17.7 Å². The molecule has 0 amide bonds. The van der Waals surface area contributed by atoms with E-state index in [0.29, 0.717) is 24.3 Å². The van der Waals surface area contributed by atoms with Crippen molar-refractivity contribution in [2.24, 2.45) is 5.73 Å². The van der Waals surface area contributed by atoms with E-state index in [-0.39, 0.29) is 22.9 Å². The van der Waals surface area contributed by atoms with Crippen LogP contribution in [0.3, 0.4) is 0 Å². The van der Waals surface area contributed by atoms with E-state index in [1.807, 2.05) is 30.3 Å². The van der Waals surface area contributed by atoms with Gasteiger partial charge in [-0.15, -0.1) is 11.3 Å². The molecule has 3 rings (SSSR count). The number of phosphoric ester groups is 1. The van der Waals surface area contributed by atoms with Gasteiger partial charge in [-0.05, 0) is 55.7 Å². The van der Waals surface area contributed by atoms with Crippen LogP contribution >= 0.6 is 19.2 Å². The summed E-state index contributed by atoms with van der Waals surface area (Å²) in [6.45, 7) is 1.44. The summed E-state index contributed by atoms with van der Waals surface area (Å²) in [6, 6.07) is 12.9. The Kier molecular flexibility index (Phi) is 9.15. The van der Waals surface area contributed by atoms with E-state index in [2.05, 4.69) is 9.51 Å². The van der Waals surface area contributed by atoms with E-state index >= 15 is 0 Å². The smallest absolute Gasteiger partial charge is 0.469 e. The maximum atomic E-state index is 13.7. The first-order valence-electron chi connectivity index (χ1n) is 10.8. The number of para-hydroxylation sites is 1. The highest BCUT2D eigenvalue weighted by molar-refractivity contribution is 7.46. The number of phosphoric acid groups is 1. The summed E-state index contributed by atoms with van der Waals surface area (Å²) in [6.07, 6.45) is -2.17. The van der Waals surface area contributed by atoms with E-state index < -0.39 is 31.7 Å². The molecular formula is C23H26F3N2O6PS. The predicted octanol–water partition coefficient (Wildman–Crippen LogP) is 5.35. The van der Waals surface area contributed by atoms with Crippen LogP contribution in [0.25, 0.3) is 10.4 Å². The second-order valence-electron chi connectivity index (χ2n) is 8.14. The number of benzene rings is 2. The average Bonchev–Trinajstić information content (AvgIpc) is 3.31. The van der Waals surface area contributed by atoms with Crippen molar-refractivity contribution >= 4 is 19.2 Å². The van der Waals surface area contributed by atoms with Crippen LogP contribution in [-0.2, 0) is 20.8 Å². The molecule has 1 atom stereocenters. The first kappa shape index (κ1) is 28.1. The zero-order chi connectivity index (χ0) is 26.4. The molecule has 196 valence electrons. The van der Waals surface area contributed by atoms with Crippen LogP contribution in [0.2, 0.25) is 0 Å². The monoisotopic (exact) mass is 546 g/mol. The molecule has 2 aromatic carbocycles. The molecule has 0 radical (unpaired) electrons. The van der Waals surface area contributed by atoms with E-state index in [1.165, 1.54) is 25.3 Å². The van der Waals surface area contributed by atoms with Crippen LogP contribution in [0.4, 0.5) is 13.2 Å². The number of nitrogens with two attached hydrogens (primary N) is 1. The molecule has 8 nitrogen and oxygen atoms in total. The highest BCUT2D eigenvalue weighted by Gasteiger charge is 2.35. The lowest BCUT2D eigenvalue weighted by Crippen LogP contribution is -2.37. The van der Waals surface area contributed by atoms with Gasteiger partial charge in [0.05, 0.1) is 35.8 Å². The van der Waals surface area contributed by atoms with Gasteiger partial charge in [-0.3, -0.25) is 4.52 Å². The number of ether oxygens (including phenoxy) is 2. The van der Waals surface area contributed by atoms with Gasteiger partial charge < -0.3 is 25.0 Å². The minimum Gasteiger partial charge on any atom is -0.494 e. The number of unbranched alkanes of at least 4 members (excludes halogenated alkanes) is 1. The van der Waals surface area contributed by atoms with Gasteiger partial charge in [0.2, 0.25) is 0 Å². The van der Waals surface area contributed by atoms with Crippen molar-refractivity contribution in [2.75, 3.05) is 19.8 Å². The number of thiazole rings is 1. The molecule has 0 aliphatic heterocycles. The van der Waals surface area contributed by atoms with Gasteiger partial charge in [0.25, 0.3) is 0 Å². The number of hydrogen-bond acceptors (Lipinski definition) is 7. The number of aromatic nitrogens is 1. The standard InChI is InChI=1S/C23H26F3N2O6PS/c1-22(27,15-34-35(29,30)31)21-28-14-20(36-21)16-9-10-19(18(13-16)23(24,25)26)33-12-6-5-11-32-17-7-3-2-4-8-17/h2-4,7-10,13-14H,5-6,11-12,15,27H2,1H3,(H2,29,30,31)/t22-/m0/s1. The molecule has 0 saturated heterocycles. The maximum Gasteiger partial charge on any atom is 0.469 e. The lowest BCUT2D eigenvalue weighted by Gasteiger charge is -2.21. The molecule has 0 fully saturated rings. The topological polar surface area (TPSA) is 124 Å². The lowest BCUT2D eigenvalue weighted by molar-refractivity contribution is -0.138. The fourth-order valence-electron chi connectivity index (χ4n) is 3.08. The molecule has 13 heteroatoms. The van der Waals surface area contributed by atoms with Crippen molar-refractivity contribution in [1.29, 1.82) is 0 Å². The highest BCUT2D eigenvalue weighted by atomic mass is 32.1. The first-order valence-corrected chi connectivity index (χ1v) is 13.2. The molecule has 1 aromatic heterocycles. The zero-order valence-electron chi connectivity index (χ0n) is 19.3. The molecule has 1 heterocycles. The number of halogens is 3. The van der Waals surface area contributed by atoms with Gasteiger partial charge in [0.1, 0.15) is 16.5 Å². The summed E-state index contributed by atoms with van der Waals surface area (Å²) in [7, 11) is -4.74. The molecule has 0 aliphatic carbocycles. The molecular weight excluding hydrogens is 520 g/mol. The van der Waals surface area contributed by atoms with Crippen molar-refractivity contribution in [1.82, 2.24) is 4.98 Å². The molecule has 0 spiro atoms. The van der Waals surface area contributed by atoms with Gasteiger partial charge in [0.15, 0.2) is 0 Å². The Hall–Kier alpha value is -2.47. The van der Waals surface area contributed by atoms with Gasteiger partial charge in [-0.2, -0.15) is 13.2 Å². The predicted molar refractivity (Wildman–Crippen MR) is 129 cm³/mol. The molecule has 3 aromatic rings. The quantitative estimate of drug-likeness (QED) is 0.205.